The second-order valence-corrected chi connectivity index (χ2v) is 8.57. The summed E-state index contributed by atoms with van der Waals surface area (Å²) in [5.41, 5.74) is 3.78. The van der Waals surface area contributed by atoms with Crippen molar-refractivity contribution in [1.82, 2.24) is 0 Å². The van der Waals surface area contributed by atoms with Crippen LogP contribution < -0.4 is 5.73 Å². The number of nitrogens with two attached hydrogens (primary N) is 1. The first kappa shape index (κ1) is 26.7. The second-order valence-electron chi connectivity index (χ2n) is 7.33. The first-order valence-corrected chi connectivity index (χ1v) is 11.7. The number of hydrogen-bond acceptors (Lipinski definition) is 4. The van der Waals surface area contributed by atoms with Crippen LogP contribution in [-0.2, 0) is 9.09 Å². The zero-order chi connectivity index (χ0) is 20.6. The molecule has 0 aliphatic heterocycles. The molecule has 6 nitrogen and oxygen atoms in total. The van der Waals surface area contributed by atoms with Crippen molar-refractivity contribution in [3.8, 4) is 0 Å². The summed E-state index contributed by atoms with van der Waals surface area (Å²) in [5, 5.41) is 9.96. The lowest BCUT2D eigenvalue weighted by atomic mass is 9.95. The van der Waals surface area contributed by atoms with Gasteiger partial charge in [0.25, 0.3) is 0 Å². The van der Waals surface area contributed by atoms with Crippen molar-refractivity contribution in [2.24, 2.45) is 5.73 Å². The van der Waals surface area contributed by atoms with Gasteiger partial charge in [-0.1, -0.05) is 83.3 Å². The largest absolute Gasteiger partial charge is 0.469 e. The smallest absolute Gasteiger partial charge is 0.387 e. The molecule has 0 rings (SSSR count). The van der Waals surface area contributed by atoms with Gasteiger partial charge in [-0.15, -0.1) is 0 Å². The predicted octanol–water partition coefficient (Wildman–Crippen LogP) is 4.38. The lowest BCUT2D eigenvalue weighted by molar-refractivity contribution is 0.0528. The Balaban J connectivity index is 3.78. The van der Waals surface area contributed by atoms with Gasteiger partial charge in [0.2, 0.25) is 0 Å². The molecule has 0 radical (unpaired) electrons. The van der Waals surface area contributed by atoms with Crippen LogP contribution in [0.5, 0.6) is 0 Å². The summed E-state index contributed by atoms with van der Waals surface area (Å²) < 4.78 is 28.0. The molecule has 0 aromatic carbocycles. The van der Waals surface area contributed by atoms with Gasteiger partial charge in [0.15, 0.2) is 0 Å². The molecule has 0 saturated heterocycles. The Morgan fingerprint density at radius 1 is 1.04 bits per heavy atom. The highest BCUT2D eigenvalue weighted by Crippen LogP contribution is 2.37. The Morgan fingerprint density at radius 2 is 1.52 bits per heavy atom. The van der Waals surface area contributed by atoms with Crippen LogP contribution in [0.25, 0.3) is 0 Å². The number of halogens is 1. The van der Waals surface area contributed by atoms with E-state index in [0.29, 0.717) is 0 Å². The fourth-order valence-electron chi connectivity index (χ4n) is 2.75. The maximum absolute atomic E-state index is 13.1. The highest BCUT2D eigenvalue weighted by molar-refractivity contribution is 7.46. The topological polar surface area (TPSA) is 113 Å². The van der Waals surface area contributed by atoms with Gasteiger partial charge in [0.05, 0.1) is 18.2 Å². The standard InChI is InChI=1S/C19H39FNO5P/c1-2-3-4-5-6-7-8-9-10-11-12-13-14-15-18(22)19(21,16-20)17-26-27(23,24)25/h14-15,18,22H,2-13,16-17,21H2,1H3,(H2,23,24,25). The number of phosphoric acid groups is 1. The molecule has 162 valence electrons. The summed E-state index contributed by atoms with van der Waals surface area (Å²) in [6.45, 7) is 0.305. The summed E-state index contributed by atoms with van der Waals surface area (Å²) in [5.74, 6) is 0. The van der Waals surface area contributed by atoms with Crippen molar-refractivity contribution in [2.75, 3.05) is 13.3 Å². The quantitative estimate of drug-likeness (QED) is 0.151. The third kappa shape index (κ3) is 15.3. The van der Waals surface area contributed by atoms with E-state index in [4.69, 9.17) is 15.5 Å². The van der Waals surface area contributed by atoms with Crippen molar-refractivity contribution in [2.45, 2.75) is 95.6 Å². The van der Waals surface area contributed by atoms with E-state index in [1.54, 1.807) is 6.08 Å². The van der Waals surface area contributed by atoms with Gasteiger partial charge < -0.3 is 20.6 Å². The van der Waals surface area contributed by atoms with Crippen molar-refractivity contribution in [3.63, 3.8) is 0 Å². The minimum atomic E-state index is -4.76. The molecule has 2 atom stereocenters. The molecular weight excluding hydrogens is 372 g/mol. The molecule has 0 bridgehead atoms. The summed E-state index contributed by atoms with van der Waals surface area (Å²) >= 11 is 0. The van der Waals surface area contributed by atoms with Gasteiger partial charge >= 0.3 is 7.82 Å². The van der Waals surface area contributed by atoms with E-state index in [1.807, 2.05) is 0 Å². The second kappa shape index (κ2) is 15.6. The van der Waals surface area contributed by atoms with Crippen molar-refractivity contribution >= 4 is 7.82 Å². The van der Waals surface area contributed by atoms with E-state index in [2.05, 4.69) is 11.4 Å². The van der Waals surface area contributed by atoms with Gasteiger partial charge in [0, 0.05) is 0 Å². The summed E-state index contributed by atoms with van der Waals surface area (Å²) in [6, 6.07) is 0. The zero-order valence-electron chi connectivity index (χ0n) is 16.7. The molecule has 0 amide bonds. The number of alkyl halides is 1. The van der Waals surface area contributed by atoms with E-state index in [1.165, 1.54) is 63.9 Å². The highest BCUT2D eigenvalue weighted by atomic mass is 31.2. The molecule has 0 aromatic heterocycles. The van der Waals surface area contributed by atoms with E-state index in [0.717, 1.165) is 19.3 Å². The molecule has 0 spiro atoms. The molecule has 0 aromatic rings. The molecule has 0 heterocycles. The normalized spacial score (nSPS) is 15.9. The number of rotatable bonds is 18. The molecule has 27 heavy (non-hydrogen) atoms. The molecule has 8 heteroatoms. The Labute approximate surface area is 163 Å². The zero-order valence-corrected chi connectivity index (χ0v) is 17.6. The van der Waals surface area contributed by atoms with Crippen molar-refractivity contribution < 1.29 is 28.4 Å². The van der Waals surface area contributed by atoms with Crippen molar-refractivity contribution in [1.29, 1.82) is 0 Å². The molecule has 0 saturated carbocycles. The van der Waals surface area contributed by atoms with Crippen LogP contribution in [0.3, 0.4) is 0 Å². The Hall–Kier alpha value is -0.300. The Morgan fingerprint density at radius 3 is 1.96 bits per heavy atom. The maximum Gasteiger partial charge on any atom is 0.469 e. The molecule has 0 aliphatic carbocycles. The fraction of sp³-hybridized carbons (Fsp3) is 0.895. The minimum absolute atomic E-state index is 0.746. The van der Waals surface area contributed by atoms with Crippen LogP contribution in [0.2, 0.25) is 0 Å². The minimum Gasteiger partial charge on any atom is -0.387 e. The average Bonchev–Trinajstić information content (AvgIpc) is 2.62. The van der Waals surface area contributed by atoms with E-state index in [9.17, 15) is 14.1 Å². The average molecular weight is 411 g/mol. The number of aliphatic hydroxyl groups is 1. The van der Waals surface area contributed by atoms with Gasteiger partial charge in [-0.05, 0) is 12.8 Å². The first-order valence-electron chi connectivity index (χ1n) is 10.1. The van der Waals surface area contributed by atoms with Crippen LogP contribution >= 0.6 is 7.82 Å². The number of hydrogen-bond donors (Lipinski definition) is 4. The highest BCUT2D eigenvalue weighted by Gasteiger charge is 2.35. The monoisotopic (exact) mass is 411 g/mol. The molecule has 0 aliphatic rings. The Bertz CT molecular complexity index is 432. The van der Waals surface area contributed by atoms with Gasteiger partial charge in [-0.2, -0.15) is 0 Å². The van der Waals surface area contributed by atoms with Gasteiger partial charge in [0.1, 0.15) is 6.67 Å². The van der Waals surface area contributed by atoms with Gasteiger partial charge in [-0.25, -0.2) is 8.96 Å². The Kier molecular flexibility index (Phi) is 15.4. The maximum atomic E-state index is 13.1. The SMILES string of the molecule is CCCCCCCCCCCCCC=CC(O)C(N)(CF)COP(=O)(O)O. The number of allylic oxidation sites excluding steroid dienone is 1. The van der Waals surface area contributed by atoms with Crippen LogP contribution in [0.1, 0.15) is 84.0 Å². The van der Waals surface area contributed by atoms with Gasteiger partial charge in [-0.3, -0.25) is 4.52 Å². The number of aliphatic hydroxyl groups excluding tert-OH is 1. The summed E-state index contributed by atoms with van der Waals surface area (Å²) in [7, 11) is -4.76. The van der Waals surface area contributed by atoms with Crippen LogP contribution in [0.15, 0.2) is 12.2 Å². The first-order chi connectivity index (χ1) is 12.7. The van der Waals surface area contributed by atoms with Crippen molar-refractivity contribution in [3.05, 3.63) is 12.2 Å². The third-order valence-corrected chi connectivity index (χ3v) is 5.10. The number of phosphoric ester groups is 1. The van der Waals surface area contributed by atoms with Crippen LogP contribution in [0.4, 0.5) is 4.39 Å². The molecule has 2 unspecified atom stereocenters. The molecule has 5 N–H and O–H groups in total. The lowest BCUT2D eigenvalue weighted by Gasteiger charge is -2.29. The molecule has 0 fully saturated rings. The van der Waals surface area contributed by atoms with E-state index in [-0.39, 0.29) is 0 Å². The third-order valence-electron chi connectivity index (χ3n) is 4.63. The summed E-state index contributed by atoms with van der Waals surface area (Å²) in [4.78, 5) is 17.3. The lowest BCUT2D eigenvalue weighted by Crippen LogP contribution is -2.55. The molecular formula is C19H39FNO5P. The van der Waals surface area contributed by atoms with Crippen LogP contribution in [-0.4, -0.2) is 39.8 Å². The van der Waals surface area contributed by atoms with E-state index >= 15 is 0 Å². The number of unbranched alkanes of at least 4 members (excludes halogenated alkanes) is 11. The summed E-state index contributed by atoms with van der Waals surface area (Å²) in [6.07, 6.45) is 16.3. The van der Waals surface area contributed by atoms with Crippen LogP contribution in [0, 0.1) is 0 Å². The fourth-order valence-corrected chi connectivity index (χ4v) is 3.16. The predicted molar refractivity (Wildman–Crippen MR) is 107 cm³/mol. The van der Waals surface area contributed by atoms with E-state index < -0.39 is 32.7 Å².